The van der Waals surface area contributed by atoms with E-state index in [0.29, 0.717) is 17.2 Å². The lowest BCUT2D eigenvalue weighted by Gasteiger charge is -2.29. The van der Waals surface area contributed by atoms with Gasteiger partial charge in [0.05, 0.1) is 18.8 Å². The topological polar surface area (TPSA) is 65.2 Å². The molecule has 0 spiro atoms. The Bertz CT molecular complexity index is 355. The second-order valence-corrected chi connectivity index (χ2v) is 6.01. The molecule has 0 saturated carbocycles. The third-order valence-corrected chi connectivity index (χ3v) is 4.05. The minimum Gasteiger partial charge on any atom is -0.616 e. The number of halogens is 1. The van der Waals surface area contributed by atoms with Gasteiger partial charge in [-0.25, -0.2) is 4.98 Å². The van der Waals surface area contributed by atoms with Crippen molar-refractivity contribution in [3.05, 3.63) is 16.7 Å². The van der Waals surface area contributed by atoms with Gasteiger partial charge in [0.2, 0.25) is 0 Å². The lowest BCUT2D eigenvalue weighted by molar-refractivity contribution is 0.585. The van der Waals surface area contributed by atoms with Crippen LogP contribution in [0.4, 0.5) is 11.5 Å². The molecule has 6 heteroatoms. The number of nitrogens with two attached hydrogens (primary N) is 1. The van der Waals surface area contributed by atoms with Crippen LogP contribution >= 0.6 is 15.9 Å². The Morgan fingerprint density at radius 1 is 1.47 bits per heavy atom. The van der Waals surface area contributed by atoms with Crippen LogP contribution in [0.1, 0.15) is 0 Å². The third kappa shape index (κ3) is 2.56. The van der Waals surface area contributed by atoms with Crippen molar-refractivity contribution in [1.82, 2.24) is 4.98 Å². The average molecular weight is 290 g/mol. The van der Waals surface area contributed by atoms with Crippen LogP contribution in [-0.4, -0.2) is 34.1 Å². The predicted molar refractivity (Wildman–Crippen MR) is 66.4 cm³/mol. The van der Waals surface area contributed by atoms with E-state index in [0.717, 1.165) is 23.4 Å². The highest BCUT2D eigenvalue weighted by molar-refractivity contribution is 9.10. The predicted octanol–water partition coefficient (Wildman–Crippen LogP) is 0.995. The van der Waals surface area contributed by atoms with E-state index >= 15 is 0 Å². The van der Waals surface area contributed by atoms with Crippen LogP contribution < -0.4 is 10.6 Å². The molecule has 2 N–H and O–H groups in total. The molecule has 1 fully saturated rings. The van der Waals surface area contributed by atoms with Gasteiger partial charge in [-0.15, -0.1) is 0 Å². The fraction of sp³-hybridized carbons (Fsp3) is 0.444. The summed E-state index contributed by atoms with van der Waals surface area (Å²) in [5.74, 6) is 2.21. The molecule has 0 amide bonds. The average Bonchev–Trinajstić information content (AvgIpc) is 2.20. The van der Waals surface area contributed by atoms with E-state index in [1.165, 1.54) is 0 Å². The Labute approximate surface area is 100 Å². The van der Waals surface area contributed by atoms with E-state index < -0.39 is 11.2 Å². The summed E-state index contributed by atoms with van der Waals surface area (Å²) in [6.45, 7) is 1.54. The zero-order chi connectivity index (χ0) is 10.8. The highest BCUT2D eigenvalue weighted by atomic mass is 79.9. The number of pyridine rings is 1. The molecule has 1 aromatic rings. The number of anilines is 2. The SMILES string of the molecule is Nc1cc(Br)cnc1N1CC[S+]([O-])CC1. The number of hydrogen-bond donors (Lipinski definition) is 1. The molecular formula is C9H12BrN3OS. The number of nitrogens with zero attached hydrogens (tertiary/aromatic N) is 2. The summed E-state index contributed by atoms with van der Waals surface area (Å²) >= 11 is 2.65. The molecule has 2 heterocycles. The molecule has 0 radical (unpaired) electrons. The zero-order valence-electron chi connectivity index (χ0n) is 8.15. The summed E-state index contributed by atoms with van der Waals surface area (Å²) < 4.78 is 12.1. The fourth-order valence-corrected chi connectivity index (χ4v) is 2.96. The number of nitrogen functional groups attached to an aromatic ring is 1. The Morgan fingerprint density at radius 2 is 2.13 bits per heavy atom. The van der Waals surface area contributed by atoms with Gasteiger partial charge in [0.25, 0.3) is 0 Å². The number of aromatic nitrogens is 1. The van der Waals surface area contributed by atoms with Gasteiger partial charge in [-0.3, -0.25) is 0 Å². The van der Waals surface area contributed by atoms with E-state index in [9.17, 15) is 4.55 Å². The van der Waals surface area contributed by atoms with E-state index in [4.69, 9.17) is 5.73 Å². The van der Waals surface area contributed by atoms with E-state index in [1.54, 1.807) is 6.20 Å². The first-order chi connectivity index (χ1) is 7.16. The first-order valence-corrected chi connectivity index (χ1v) is 6.96. The zero-order valence-corrected chi connectivity index (χ0v) is 10.6. The van der Waals surface area contributed by atoms with Gasteiger partial charge in [0.15, 0.2) is 5.82 Å². The molecule has 1 aromatic heterocycles. The first kappa shape index (κ1) is 11.0. The van der Waals surface area contributed by atoms with Crippen molar-refractivity contribution in [2.75, 3.05) is 35.2 Å². The van der Waals surface area contributed by atoms with Gasteiger partial charge in [-0.1, -0.05) is 11.2 Å². The van der Waals surface area contributed by atoms with Crippen molar-refractivity contribution in [2.24, 2.45) is 0 Å². The lowest BCUT2D eigenvalue weighted by Crippen LogP contribution is -2.41. The molecule has 15 heavy (non-hydrogen) atoms. The van der Waals surface area contributed by atoms with Gasteiger partial charge in [-0.2, -0.15) is 0 Å². The monoisotopic (exact) mass is 289 g/mol. The minimum atomic E-state index is -0.665. The number of hydrogen-bond acceptors (Lipinski definition) is 4. The van der Waals surface area contributed by atoms with Crippen molar-refractivity contribution in [3.63, 3.8) is 0 Å². The van der Waals surface area contributed by atoms with Crippen LogP contribution in [0, 0.1) is 0 Å². The molecule has 0 aliphatic carbocycles. The van der Waals surface area contributed by atoms with Gasteiger partial charge >= 0.3 is 0 Å². The highest BCUT2D eigenvalue weighted by Crippen LogP contribution is 2.24. The van der Waals surface area contributed by atoms with Crippen molar-refractivity contribution in [1.29, 1.82) is 0 Å². The Hall–Kier alpha value is -0.460. The van der Waals surface area contributed by atoms with Gasteiger partial charge < -0.3 is 15.2 Å². The van der Waals surface area contributed by atoms with Gasteiger partial charge in [-0.05, 0) is 22.0 Å². The fourth-order valence-electron chi connectivity index (χ4n) is 1.56. The van der Waals surface area contributed by atoms with Gasteiger partial charge in [0, 0.05) is 10.7 Å². The quantitative estimate of drug-likeness (QED) is 0.784. The Kier molecular flexibility index (Phi) is 3.38. The molecule has 0 atom stereocenters. The highest BCUT2D eigenvalue weighted by Gasteiger charge is 2.21. The smallest absolute Gasteiger partial charge is 0.152 e. The summed E-state index contributed by atoms with van der Waals surface area (Å²) in [5, 5.41) is 0. The molecule has 1 aliphatic rings. The van der Waals surface area contributed by atoms with E-state index in [2.05, 4.69) is 25.8 Å². The summed E-state index contributed by atoms with van der Waals surface area (Å²) in [6, 6.07) is 1.84. The Balaban J connectivity index is 2.15. The molecular weight excluding hydrogens is 278 g/mol. The van der Waals surface area contributed by atoms with Gasteiger partial charge in [0.1, 0.15) is 11.5 Å². The molecule has 0 aromatic carbocycles. The van der Waals surface area contributed by atoms with Crippen molar-refractivity contribution in [2.45, 2.75) is 0 Å². The molecule has 82 valence electrons. The maximum Gasteiger partial charge on any atom is 0.152 e. The summed E-state index contributed by atoms with van der Waals surface area (Å²) in [6.07, 6.45) is 1.73. The largest absolute Gasteiger partial charge is 0.616 e. The second-order valence-electron chi connectivity index (χ2n) is 3.40. The molecule has 4 nitrogen and oxygen atoms in total. The molecule has 1 saturated heterocycles. The lowest BCUT2D eigenvalue weighted by atomic mass is 10.3. The summed E-state index contributed by atoms with van der Waals surface area (Å²) in [7, 11) is 0. The first-order valence-electron chi connectivity index (χ1n) is 4.68. The van der Waals surface area contributed by atoms with Crippen LogP contribution in [0.2, 0.25) is 0 Å². The van der Waals surface area contributed by atoms with E-state index in [1.807, 2.05) is 6.07 Å². The summed E-state index contributed by atoms with van der Waals surface area (Å²) in [4.78, 5) is 6.37. The second kappa shape index (κ2) is 4.59. The molecule has 0 bridgehead atoms. The van der Waals surface area contributed by atoms with Crippen LogP contribution in [0.3, 0.4) is 0 Å². The van der Waals surface area contributed by atoms with Crippen LogP contribution in [0.5, 0.6) is 0 Å². The Morgan fingerprint density at radius 3 is 2.73 bits per heavy atom. The normalized spacial score (nSPS) is 18.1. The third-order valence-electron chi connectivity index (χ3n) is 2.34. The summed E-state index contributed by atoms with van der Waals surface area (Å²) in [5.41, 5.74) is 6.54. The maximum absolute atomic E-state index is 11.2. The standard InChI is InChI=1S/C9H12BrN3OS/c10-7-5-8(11)9(12-6-7)13-1-3-15(14)4-2-13/h5-6H,1-4,11H2. The minimum absolute atomic E-state index is 0.664. The maximum atomic E-state index is 11.2. The van der Waals surface area contributed by atoms with Crippen LogP contribution in [0.25, 0.3) is 0 Å². The molecule has 0 unspecified atom stereocenters. The van der Waals surface area contributed by atoms with Crippen LogP contribution in [-0.2, 0) is 11.2 Å². The number of rotatable bonds is 1. The van der Waals surface area contributed by atoms with E-state index in [-0.39, 0.29) is 0 Å². The van der Waals surface area contributed by atoms with Crippen LogP contribution in [0.15, 0.2) is 16.7 Å². The molecule has 1 aliphatic heterocycles. The van der Waals surface area contributed by atoms with Crippen molar-refractivity contribution >= 4 is 38.6 Å². The molecule has 2 rings (SSSR count). The van der Waals surface area contributed by atoms with Crippen molar-refractivity contribution in [3.8, 4) is 0 Å². The van der Waals surface area contributed by atoms with Crippen molar-refractivity contribution < 1.29 is 4.55 Å².